The summed E-state index contributed by atoms with van der Waals surface area (Å²) in [7, 11) is 1.64. The van der Waals surface area contributed by atoms with Crippen molar-refractivity contribution in [3.63, 3.8) is 0 Å². The predicted octanol–water partition coefficient (Wildman–Crippen LogP) is 2.98. The Balaban J connectivity index is 2.08. The molecule has 1 amide bonds. The molecular formula is C17H24N4O2S. The lowest BCUT2D eigenvalue weighted by molar-refractivity contribution is -0.119. The van der Waals surface area contributed by atoms with Crippen LogP contribution in [-0.2, 0) is 4.79 Å². The van der Waals surface area contributed by atoms with Crippen LogP contribution in [0.5, 0.6) is 5.75 Å². The van der Waals surface area contributed by atoms with Gasteiger partial charge in [-0.1, -0.05) is 25.6 Å². The van der Waals surface area contributed by atoms with Gasteiger partial charge in [0.1, 0.15) is 11.6 Å². The number of carbonyl (C=O) groups excluding carboxylic acids is 1. The predicted molar refractivity (Wildman–Crippen MR) is 95.9 cm³/mol. The maximum Gasteiger partial charge on any atom is 0.230 e. The molecule has 2 aromatic rings. The quantitative estimate of drug-likeness (QED) is 0.743. The highest BCUT2D eigenvalue weighted by Gasteiger charge is 2.14. The molecule has 0 unspecified atom stereocenters. The Hall–Kier alpha value is -2.02. The number of aryl methyl sites for hydroxylation is 1. The molecule has 7 heteroatoms. The Labute approximate surface area is 147 Å². The molecule has 1 aromatic heterocycles. The highest BCUT2D eigenvalue weighted by Crippen LogP contribution is 2.23. The maximum atomic E-state index is 12.1. The molecule has 0 aliphatic rings. The highest BCUT2D eigenvalue weighted by atomic mass is 32.2. The van der Waals surface area contributed by atoms with Crippen molar-refractivity contribution < 1.29 is 9.53 Å². The number of hydrogen-bond donors (Lipinski definition) is 1. The number of nitrogens with one attached hydrogen (secondary N) is 1. The van der Waals surface area contributed by atoms with Crippen molar-refractivity contribution in [2.45, 2.75) is 44.8 Å². The van der Waals surface area contributed by atoms with Crippen molar-refractivity contribution in [1.82, 2.24) is 20.1 Å². The van der Waals surface area contributed by atoms with Crippen LogP contribution in [0, 0.1) is 6.92 Å². The molecule has 0 fully saturated rings. The third-order valence-corrected chi connectivity index (χ3v) is 4.74. The van der Waals surface area contributed by atoms with E-state index in [1.165, 1.54) is 11.8 Å². The summed E-state index contributed by atoms with van der Waals surface area (Å²) in [6.07, 6.45) is 1.88. The molecule has 0 aliphatic carbocycles. The first-order valence-electron chi connectivity index (χ1n) is 8.07. The largest absolute Gasteiger partial charge is 0.497 e. The van der Waals surface area contributed by atoms with Crippen LogP contribution < -0.4 is 10.1 Å². The lowest BCUT2D eigenvalue weighted by Crippen LogP contribution is -2.35. The van der Waals surface area contributed by atoms with Crippen molar-refractivity contribution >= 4 is 17.7 Å². The summed E-state index contributed by atoms with van der Waals surface area (Å²) >= 11 is 1.39. The van der Waals surface area contributed by atoms with Gasteiger partial charge in [-0.2, -0.15) is 0 Å². The van der Waals surface area contributed by atoms with E-state index in [1.54, 1.807) is 7.11 Å². The van der Waals surface area contributed by atoms with Crippen molar-refractivity contribution in [3.8, 4) is 11.4 Å². The van der Waals surface area contributed by atoms with Crippen LogP contribution in [0.4, 0.5) is 0 Å². The third-order valence-electron chi connectivity index (χ3n) is 3.81. The number of carbonyl (C=O) groups is 1. The molecule has 1 heterocycles. The molecule has 0 saturated carbocycles. The van der Waals surface area contributed by atoms with E-state index in [0.29, 0.717) is 10.9 Å². The first-order chi connectivity index (χ1) is 11.6. The van der Waals surface area contributed by atoms with Gasteiger partial charge in [-0.3, -0.25) is 9.36 Å². The SMILES string of the molecule is CCC(CC)NC(=O)CSc1nnc(C)n1-c1ccc(OC)cc1. The lowest BCUT2D eigenvalue weighted by Gasteiger charge is -2.14. The minimum atomic E-state index is 0.0237. The van der Waals surface area contributed by atoms with Gasteiger partial charge in [0.15, 0.2) is 5.16 Å². The van der Waals surface area contributed by atoms with Crippen molar-refractivity contribution in [3.05, 3.63) is 30.1 Å². The maximum absolute atomic E-state index is 12.1. The fourth-order valence-corrected chi connectivity index (χ4v) is 3.17. The molecule has 130 valence electrons. The molecule has 0 atom stereocenters. The van der Waals surface area contributed by atoms with Gasteiger partial charge >= 0.3 is 0 Å². The number of benzene rings is 1. The molecule has 0 radical (unpaired) electrons. The van der Waals surface area contributed by atoms with Crippen LogP contribution in [0.3, 0.4) is 0 Å². The average molecular weight is 348 g/mol. The van der Waals surface area contributed by atoms with E-state index in [-0.39, 0.29) is 11.9 Å². The Bertz CT molecular complexity index is 666. The summed E-state index contributed by atoms with van der Waals surface area (Å²) in [6, 6.07) is 7.92. The fraction of sp³-hybridized carbons (Fsp3) is 0.471. The molecule has 2 rings (SSSR count). The average Bonchev–Trinajstić information content (AvgIpc) is 2.98. The Morgan fingerprint density at radius 3 is 2.50 bits per heavy atom. The van der Waals surface area contributed by atoms with E-state index in [2.05, 4.69) is 29.4 Å². The normalized spacial score (nSPS) is 10.9. The smallest absolute Gasteiger partial charge is 0.230 e. The second-order valence-corrected chi connectivity index (χ2v) is 6.38. The monoisotopic (exact) mass is 348 g/mol. The second-order valence-electron chi connectivity index (χ2n) is 5.43. The number of rotatable bonds is 8. The number of amides is 1. The Kier molecular flexibility index (Phi) is 6.66. The van der Waals surface area contributed by atoms with Gasteiger partial charge in [0.2, 0.25) is 5.91 Å². The van der Waals surface area contributed by atoms with E-state index < -0.39 is 0 Å². The minimum absolute atomic E-state index is 0.0237. The molecule has 0 spiro atoms. The molecule has 6 nitrogen and oxygen atoms in total. The zero-order valence-corrected chi connectivity index (χ0v) is 15.4. The van der Waals surface area contributed by atoms with Crippen molar-refractivity contribution in [2.75, 3.05) is 12.9 Å². The minimum Gasteiger partial charge on any atom is -0.497 e. The van der Waals surface area contributed by atoms with Gasteiger partial charge < -0.3 is 10.1 Å². The summed E-state index contributed by atoms with van der Waals surface area (Å²) in [6.45, 7) is 6.04. The number of methoxy groups -OCH3 is 1. The Morgan fingerprint density at radius 1 is 1.25 bits per heavy atom. The molecule has 0 bridgehead atoms. The number of thioether (sulfide) groups is 1. The first kappa shape index (κ1) is 18.3. The summed E-state index contributed by atoms with van der Waals surface area (Å²) in [5.74, 6) is 1.92. The molecule has 0 aliphatic heterocycles. The van der Waals surface area contributed by atoms with Gasteiger partial charge in [0, 0.05) is 11.7 Å². The number of nitrogens with zero attached hydrogens (tertiary/aromatic N) is 3. The zero-order chi connectivity index (χ0) is 17.5. The van der Waals surface area contributed by atoms with Gasteiger partial charge in [0.05, 0.1) is 12.9 Å². The van der Waals surface area contributed by atoms with Crippen LogP contribution in [0.15, 0.2) is 29.4 Å². The standard InChI is InChI=1S/C17H24N4O2S/c1-5-13(6-2)18-16(22)11-24-17-20-19-12(3)21(17)14-7-9-15(23-4)10-8-14/h7-10,13H,5-6,11H2,1-4H3,(H,18,22). The zero-order valence-electron chi connectivity index (χ0n) is 14.6. The summed E-state index contributed by atoms with van der Waals surface area (Å²) in [5, 5.41) is 12.1. The molecule has 0 saturated heterocycles. The van der Waals surface area contributed by atoms with E-state index in [9.17, 15) is 4.79 Å². The molecule has 1 N–H and O–H groups in total. The van der Waals surface area contributed by atoms with Crippen LogP contribution in [-0.4, -0.2) is 39.6 Å². The van der Waals surface area contributed by atoms with Crippen molar-refractivity contribution in [2.24, 2.45) is 0 Å². The Morgan fingerprint density at radius 2 is 1.92 bits per heavy atom. The van der Waals surface area contributed by atoms with E-state index in [4.69, 9.17) is 4.74 Å². The van der Waals surface area contributed by atoms with Gasteiger partial charge in [-0.15, -0.1) is 10.2 Å². The summed E-state index contributed by atoms with van der Waals surface area (Å²) in [5.41, 5.74) is 0.946. The fourth-order valence-electron chi connectivity index (χ4n) is 2.36. The van der Waals surface area contributed by atoms with Gasteiger partial charge in [0.25, 0.3) is 0 Å². The number of aromatic nitrogens is 3. The topological polar surface area (TPSA) is 69.0 Å². The van der Waals surface area contributed by atoms with E-state index in [1.807, 2.05) is 35.8 Å². The van der Waals surface area contributed by atoms with E-state index in [0.717, 1.165) is 30.1 Å². The summed E-state index contributed by atoms with van der Waals surface area (Å²) in [4.78, 5) is 12.1. The second kappa shape index (κ2) is 8.73. The van der Waals surface area contributed by atoms with E-state index >= 15 is 0 Å². The first-order valence-corrected chi connectivity index (χ1v) is 9.06. The highest BCUT2D eigenvalue weighted by molar-refractivity contribution is 7.99. The summed E-state index contributed by atoms with van der Waals surface area (Å²) < 4.78 is 7.12. The lowest BCUT2D eigenvalue weighted by atomic mass is 10.2. The molecular weight excluding hydrogens is 324 g/mol. The van der Waals surface area contributed by atoms with Crippen molar-refractivity contribution in [1.29, 1.82) is 0 Å². The number of hydrogen-bond acceptors (Lipinski definition) is 5. The molecule has 1 aromatic carbocycles. The third kappa shape index (κ3) is 4.50. The van der Waals surface area contributed by atoms with Crippen LogP contribution >= 0.6 is 11.8 Å². The van der Waals surface area contributed by atoms with Crippen LogP contribution in [0.25, 0.3) is 5.69 Å². The van der Waals surface area contributed by atoms with Crippen LogP contribution in [0.2, 0.25) is 0 Å². The number of ether oxygens (including phenoxy) is 1. The van der Waals surface area contributed by atoms with Gasteiger partial charge in [-0.05, 0) is 44.0 Å². The molecule has 24 heavy (non-hydrogen) atoms. The van der Waals surface area contributed by atoms with Crippen LogP contribution in [0.1, 0.15) is 32.5 Å². The van der Waals surface area contributed by atoms with Gasteiger partial charge in [-0.25, -0.2) is 0 Å².